The Balaban J connectivity index is 1.37. The molecule has 226 valence electrons. The highest BCUT2D eigenvalue weighted by molar-refractivity contribution is 6.22. The highest BCUT2D eigenvalue weighted by Crippen LogP contribution is 2.46. The Bertz CT molecular complexity index is 2500. The summed E-state index contributed by atoms with van der Waals surface area (Å²) in [4.78, 5) is 4.93. The SMILES string of the molecule is Cc1nc2ccccc2n1-c1ccccc1-c1c2ccccc2c(-c2cc(-c3ccccc3)cc(-c3ccccc3)c2)c2ccccc12. The van der Waals surface area contributed by atoms with Gasteiger partial charge in [-0.3, -0.25) is 4.57 Å². The van der Waals surface area contributed by atoms with E-state index < -0.39 is 0 Å². The molecular formula is C46H32N2. The summed E-state index contributed by atoms with van der Waals surface area (Å²) in [6, 6.07) is 63.5. The van der Waals surface area contributed by atoms with Gasteiger partial charge in [-0.1, -0.05) is 140 Å². The zero-order valence-corrected chi connectivity index (χ0v) is 26.6. The normalized spacial score (nSPS) is 11.4. The molecular weight excluding hydrogens is 581 g/mol. The molecule has 48 heavy (non-hydrogen) atoms. The lowest BCUT2D eigenvalue weighted by Gasteiger charge is -2.21. The zero-order valence-electron chi connectivity index (χ0n) is 26.6. The van der Waals surface area contributed by atoms with E-state index in [-0.39, 0.29) is 0 Å². The Kier molecular flexibility index (Phi) is 6.72. The molecule has 0 unspecified atom stereocenters. The second-order valence-electron chi connectivity index (χ2n) is 12.4. The average molecular weight is 613 g/mol. The van der Waals surface area contributed by atoms with Gasteiger partial charge < -0.3 is 0 Å². The molecule has 0 bridgehead atoms. The molecule has 0 spiro atoms. The fraction of sp³-hybridized carbons (Fsp3) is 0.0217. The number of aryl methyl sites for hydroxylation is 1. The van der Waals surface area contributed by atoms with E-state index in [4.69, 9.17) is 4.98 Å². The average Bonchev–Trinajstić information content (AvgIpc) is 3.49. The van der Waals surface area contributed by atoms with E-state index in [2.05, 4.69) is 187 Å². The summed E-state index contributed by atoms with van der Waals surface area (Å²) in [5.41, 5.74) is 12.9. The molecule has 8 aromatic carbocycles. The van der Waals surface area contributed by atoms with Gasteiger partial charge in [0, 0.05) is 5.56 Å². The summed E-state index contributed by atoms with van der Waals surface area (Å²) in [7, 11) is 0. The van der Waals surface area contributed by atoms with Gasteiger partial charge in [-0.15, -0.1) is 0 Å². The van der Waals surface area contributed by atoms with Crippen molar-refractivity contribution in [3.63, 3.8) is 0 Å². The predicted octanol–water partition coefficient (Wildman–Crippen LogP) is 12.3. The summed E-state index contributed by atoms with van der Waals surface area (Å²) in [5.74, 6) is 0.972. The summed E-state index contributed by atoms with van der Waals surface area (Å²) >= 11 is 0. The van der Waals surface area contributed by atoms with Crippen LogP contribution in [0, 0.1) is 6.92 Å². The second kappa shape index (κ2) is 11.5. The van der Waals surface area contributed by atoms with Crippen LogP contribution in [-0.2, 0) is 0 Å². The van der Waals surface area contributed by atoms with E-state index in [1.807, 2.05) is 0 Å². The monoisotopic (exact) mass is 612 g/mol. The molecule has 2 heteroatoms. The van der Waals surface area contributed by atoms with E-state index in [0.29, 0.717) is 0 Å². The number of rotatable bonds is 5. The van der Waals surface area contributed by atoms with Gasteiger partial charge in [0.15, 0.2) is 0 Å². The van der Waals surface area contributed by atoms with Gasteiger partial charge in [0.2, 0.25) is 0 Å². The van der Waals surface area contributed by atoms with Gasteiger partial charge in [0.05, 0.1) is 16.7 Å². The van der Waals surface area contributed by atoms with Crippen LogP contribution in [0.15, 0.2) is 176 Å². The van der Waals surface area contributed by atoms with Crippen LogP contribution in [0.3, 0.4) is 0 Å². The molecule has 0 atom stereocenters. The van der Waals surface area contributed by atoms with Crippen molar-refractivity contribution in [2.75, 3.05) is 0 Å². The number of fused-ring (bicyclic) bond motifs is 3. The van der Waals surface area contributed by atoms with E-state index >= 15 is 0 Å². The molecule has 1 heterocycles. The van der Waals surface area contributed by atoms with E-state index in [1.165, 1.54) is 66.1 Å². The zero-order chi connectivity index (χ0) is 32.0. The maximum absolute atomic E-state index is 4.93. The Morgan fingerprint density at radius 2 is 0.854 bits per heavy atom. The molecule has 0 aliphatic rings. The second-order valence-corrected chi connectivity index (χ2v) is 12.4. The first-order chi connectivity index (χ1) is 23.7. The molecule has 1 aromatic heterocycles. The van der Waals surface area contributed by atoms with Crippen molar-refractivity contribution < 1.29 is 0 Å². The minimum Gasteiger partial charge on any atom is -0.296 e. The molecule has 0 amide bonds. The van der Waals surface area contributed by atoms with Crippen molar-refractivity contribution >= 4 is 32.6 Å². The topological polar surface area (TPSA) is 17.8 Å². The van der Waals surface area contributed by atoms with Crippen molar-refractivity contribution in [2.24, 2.45) is 0 Å². The number of hydrogen-bond acceptors (Lipinski definition) is 1. The Labute approximate surface area is 280 Å². The first kappa shape index (κ1) is 28.0. The summed E-state index contributed by atoms with van der Waals surface area (Å²) < 4.78 is 2.30. The van der Waals surface area contributed by atoms with Crippen molar-refractivity contribution in [3.8, 4) is 50.2 Å². The van der Waals surface area contributed by atoms with Crippen LogP contribution in [0.5, 0.6) is 0 Å². The standard InChI is InChI=1S/C46H32N2/c1-31-47-42-25-13-15-27-44(42)48(31)43-26-14-12-24-41(43)46-39-22-10-8-20-37(39)45(38-21-9-11-23-40(38)46)36-29-34(32-16-4-2-5-17-32)28-35(30-36)33-18-6-3-7-19-33/h2-30H,1H3. The Morgan fingerprint density at radius 3 is 1.46 bits per heavy atom. The quantitative estimate of drug-likeness (QED) is 0.177. The maximum Gasteiger partial charge on any atom is 0.111 e. The molecule has 0 saturated carbocycles. The lowest BCUT2D eigenvalue weighted by Crippen LogP contribution is -2.00. The third-order valence-electron chi connectivity index (χ3n) is 9.51. The Hall–Kier alpha value is -6.25. The number of hydrogen-bond donors (Lipinski definition) is 0. The third-order valence-corrected chi connectivity index (χ3v) is 9.51. The summed E-state index contributed by atoms with van der Waals surface area (Å²) in [6.07, 6.45) is 0. The van der Waals surface area contributed by atoms with Crippen molar-refractivity contribution in [1.29, 1.82) is 0 Å². The fourth-order valence-corrected chi connectivity index (χ4v) is 7.43. The van der Waals surface area contributed by atoms with Crippen LogP contribution in [0.2, 0.25) is 0 Å². The van der Waals surface area contributed by atoms with Crippen LogP contribution < -0.4 is 0 Å². The summed E-state index contributed by atoms with van der Waals surface area (Å²) in [6.45, 7) is 2.10. The van der Waals surface area contributed by atoms with Crippen LogP contribution >= 0.6 is 0 Å². The number of imidazole rings is 1. The highest BCUT2D eigenvalue weighted by Gasteiger charge is 2.21. The number of para-hydroxylation sites is 3. The minimum absolute atomic E-state index is 0.972. The predicted molar refractivity (Wildman–Crippen MR) is 203 cm³/mol. The molecule has 0 radical (unpaired) electrons. The number of benzene rings is 8. The van der Waals surface area contributed by atoms with Crippen molar-refractivity contribution in [3.05, 3.63) is 182 Å². The summed E-state index contributed by atoms with van der Waals surface area (Å²) in [5, 5.41) is 4.93. The van der Waals surface area contributed by atoms with Crippen molar-refractivity contribution in [1.82, 2.24) is 9.55 Å². The van der Waals surface area contributed by atoms with Crippen LogP contribution in [-0.4, -0.2) is 9.55 Å². The first-order valence-electron chi connectivity index (χ1n) is 16.5. The largest absolute Gasteiger partial charge is 0.296 e. The maximum atomic E-state index is 4.93. The molecule has 0 saturated heterocycles. The van der Waals surface area contributed by atoms with Crippen LogP contribution in [0.4, 0.5) is 0 Å². The van der Waals surface area contributed by atoms with Crippen LogP contribution in [0.25, 0.3) is 82.8 Å². The molecule has 0 aliphatic heterocycles. The van der Waals surface area contributed by atoms with Gasteiger partial charge >= 0.3 is 0 Å². The van der Waals surface area contributed by atoms with Gasteiger partial charge in [-0.25, -0.2) is 4.98 Å². The molecule has 9 aromatic rings. The molecule has 0 aliphatic carbocycles. The smallest absolute Gasteiger partial charge is 0.111 e. The first-order valence-corrected chi connectivity index (χ1v) is 16.5. The van der Waals surface area contributed by atoms with Crippen LogP contribution in [0.1, 0.15) is 5.82 Å². The molecule has 0 fully saturated rings. The number of nitrogens with zero attached hydrogens (tertiary/aromatic N) is 2. The van der Waals surface area contributed by atoms with E-state index in [0.717, 1.165) is 22.5 Å². The Morgan fingerprint density at radius 1 is 0.396 bits per heavy atom. The molecule has 2 nitrogen and oxygen atoms in total. The van der Waals surface area contributed by atoms with Gasteiger partial charge in [-0.05, 0) is 104 Å². The van der Waals surface area contributed by atoms with E-state index in [9.17, 15) is 0 Å². The van der Waals surface area contributed by atoms with Crippen molar-refractivity contribution in [2.45, 2.75) is 6.92 Å². The lowest BCUT2D eigenvalue weighted by molar-refractivity contribution is 1.00. The highest BCUT2D eigenvalue weighted by atomic mass is 15.1. The third kappa shape index (κ3) is 4.61. The van der Waals surface area contributed by atoms with Gasteiger partial charge in [0.1, 0.15) is 5.82 Å². The number of aromatic nitrogens is 2. The lowest BCUT2D eigenvalue weighted by atomic mass is 9.84. The molecule has 9 rings (SSSR count). The fourth-order valence-electron chi connectivity index (χ4n) is 7.43. The van der Waals surface area contributed by atoms with E-state index in [1.54, 1.807) is 0 Å². The van der Waals surface area contributed by atoms with Gasteiger partial charge in [-0.2, -0.15) is 0 Å². The van der Waals surface area contributed by atoms with Gasteiger partial charge in [0.25, 0.3) is 0 Å². The molecule has 0 N–H and O–H groups in total. The minimum atomic E-state index is 0.972.